The van der Waals surface area contributed by atoms with Gasteiger partial charge >= 0.3 is 5.97 Å². The minimum Gasteiger partial charge on any atom is -0.469 e. The third-order valence-electron chi connectivity index (χ3n) is 10.4. The molecular formula is C25H40F2O3. The Balaban J connectivity index is 1.57. The number of fused-ring (bicyclic) bond motifs is 5. The van der Waals surface area contributed by atoms with Gasteiger partial charge in [-0.3, -0.25) is 4.79 Å². The summed E-state index contributed by atoms with van der Waals surface area (Å²) < 4.78 is 36.2. The zero-order valence-corrected chi connectivity index (χ0v) is 19.1. The van der Waals surface area contributed by atoms with Crippen LogP contribution < -0.4 is 0 Å². The molecule has 0 saturated heterocycles. The first kappa shape index (κ1) is 22.5. The van der Waals surface area contributed by atoms with Gasteiger partial charge in [-0.05, 0) is 91.8 Å². The number of aliphatic hydroxyl groups is 1. The summed E-state index contributed by atoms with van der Waals surface area (Å²) in [5, 5.41) is 10.1. The Morgan fingerprint density at radius 1 is 1.10 bits per heavy atom. The third-order valence-corrected chi connectivity index (χ3v) is 10.4. The van der Waals surface area contributed by atoms with E-state index in [2.05, 4.69) is 20.8 Å². The van der Waals surface area contributed by atoms with Crippen LogP contribution >= 0.6 is 0 Å². The van der Waals surface area contributed by atoms with Crippen molar-refractivity contribution in [3.05, 3.63) is 0 Å². The molecule has 0 bridgehead atoms. The Bertz CT molecular complexity index is 667. The summed E-state index contributed by atoms with van der Waals surface area (Å²) in [4.78, 5) is 11.6. The average molecular weight is 427 g/mol. The second-order valence-corrected chi connectivity index (χ2v) is 11.7. The van der Waals surface area contributed by atoms with Crippen LogP contribution in [0.3, 0.4) is 0 Å². The quantitative estimate of drug-likeness (QED) is 0.575. The molecule has 0 aromatic carbocycles. The molecule has 0 aromatic heterocycles. The van der Waals surface area contributed by atoms with Crippen LogP contribution in [0.2, 0.25) is 0 Å². The van der Waals surface area contributed by atoms with Crippen LogP contribution in [-0.4, -0.2) is 30.2 Å². The maximum Gasteiger partial charge on any atom is 0.305 e. The van der Waals surface area contributed by atoms with Gasteiger partial charge in [0, 0.05) is 18.8 Å². The van der Waals surface area contributed by atoms with Crippen LogP contribution in [0.1, 0.15) is 85.0 Å². The first-order chi connectivity index (χ1) is 14.0. The highest BCUT2D eigenvalue weighted by atomic mass is 19.3. The Morgan fingerprint density at radius 2 is 1.77 bits per heavy atom. The standard InChI is InChI=1S/C25H40F2O3/c1-15(5-8-21(29)30-4)18-6-7-19-22-20(10-12-24(18,19)3)23(2)11-9-17(28)13-16(23)14-25(22,26)27/h15-20,22,28H,5-14H2,1-4H3/t15-,16+,17-,18?,19?,20+,22+,23+,24-/m1/s1. The van der Waals surface area contributed by atoms with Gasteiger partial charge in [-0.1, -0.05) is 20.8 Å². The summed E-state index contributed by atoms with van der Waals surface area (Å²) in [6.07, 6.45) is 6.74. The number of aliphatic hydroxyl groups excluding tert-OH is 1. The Morgan fingerprint density at radius 3 is 2.47 bits per heavy atom. The Labute approximate surface area is 180 Å². The molecule has 0 amide bonds. The van der Waals surface area contributed by atoms with Gasteiger partial charge in [-0.15, -0.1) is 0 Å². The van der Waals surface area contributed by atoms with E-state index in [0.717, 1.165) is 44.9 Å². The fraction of sp³-hybridized carbons (Fsp3) is 0.960. The van der Waals surface area contributed by atoms with E-state index in [1.54, 1.807) is 0 Å². The molecule has 0 spiro atoms. The Hall–Kier alpha value is -0.710. The first-order valence-electron chi connectivity index (χ1n) is 12.2. The van der Waals surface area contributed by atoms with E-state index in [0.29, 0.717) is 24.7 Å². The molecule has 2 unspecified atom stereocenters. The minimum atomic E-state index is -2.64. The van der Waals surface area contributed by atoms with E-state index in [1.165, 1.54) is 7.11 Å². The zero-order valence-electron chi connectivity index (χ0n) is 19.1. The molecule has 30 heavy (non-hydrogen) atoms. The molecule has 4 aliphatic carbocycles. The summed E-state index contributed by atoms with van der Waals surface area (Å²) in [6, 6.07) is 0. The maximum absolute atomic E-state index is 15.7. The maximum atomic E-state index is 15.7. The average Bonchev–Trinajstić information content (AvgIpc) is 3.04. The number of carbonyl (C=O) groups is 1. The summed E-state index contributed by atoms with van der Waals surface area (Å²) in [5.74, 6) is -2.50. The number of ether oxygens (including phenoxy) is 1. The highest BCUT2D eigenvalue weighted by molar-refractivity contribution is 5.69. The van der Waals surface area contributed by atoms with Gasteiger partial charge in [0.1, 0.15) is 0 Å². The van der Waals surface area contributed by atoms with Crippen LogP contribution in [0, 0.1) is 46.3 Å². The second kappa shape index (κ2) is 7.71. The van der Waals surface area contributed by atoms with Crippen LogP contribution in [0.15, 0.2) is 0 Å². The summed E-state index contributed by atoms with van der Waals surface area (Å²) in [5.41, 5.74) is -0.112. The molecule has 0 aromatic rings. The van der Waals surface area contributed by atoms with E-state index < -0.39 is 17.9 Å². The van der Waals surface area contributed by atoms with Gasteiger partial charge in [0.25, 0.3) is 5.92 Å². The predicted octanol–water partition coefficient (Wildman–Crippen LogP) is 5.84. The lowest BCUT2D eigenvalue weighted by atomic mass is 9.43. The number of esters is 1. The molecule has 0 aliphatic heterocycles. The van der Waals surface area contributed by atoms with Gasteiger partial charge in [-0.25, -0.2) is 8.78 Å². The molecule has 4 rings (SSSR count). The Kier molecular flexibility index (Phi) is 5.77. The topological polar surface area (TPSA) is 46.5 Å². The highest BCUT2D eigenvalue weighted by Gasteiger charge is 2.68. The second-order valence-electron chi connectivity index (χ2n) is 11.7. The number of hydrogen-bond acceptors (Lipinski definition) is 3. The van der Waals surface area contributed by atoms with Crippen molar-refractivity contribution in [2.45, 2.75) is 97.0 Å². The molecule has 1 N–H and O–H groups in total. The highest BCUT2D eigenvalue weighted by Crippen LogP contribution is 2.71. The van der Waals surface area contributed by atoms with Crippen molar-refractivity contribution in [3.8, 4) is 0 Å². The zero-order chi connectivity index (χ0) is 21.9. The lowest BCUT2D eigenvalue weighted by Gasteiger charge is -2.63. The van der Waals surface area contributed by atoms with E-state index in [9.17, 15) is 9.90 Å². The van der Waals surface area contributed by atoms with Crippen molar-refractivity contribution in [2.75, 3.05) is 7.11 Å². The molecule has 4 aliphatic rings. The third kappa shape index (κ3) is 3.42. The van der Waals surface area contributed by atoms with Crippen molar-refractivity contribution < 1.29 is 23.4 Å². The van der Waals surface area contributed by atoms with Gasteiger partial charge in [0.2, 0.25) is 0 Å². The van der Waals surface area contributed by atoms with E-state index in [-0.39, 0.29) is 41.0 Å². The molecule has 4 saturated carbocycles. The molecule has 0 heterocycles. The molecule has 172 valence electrons. The van der Waals surface area contributed by atoms with Gasteiger partial charge in [0.05, 0.1) is 13.2 Å². The van der Waals surface area contributed by atoms with E-state index >= 15 is 8.78 Å². The van der Waals surface area contributed by atoms with Crippen LogP contribution in [0.5, 0.6) is 0 Å². The van der Waals surface area contributed by atoms with Crippen molar-refractivity contribution in [2.24, 2.45) is 46.3 Å². The predicted molar refractivity (Wildman–Crippen MR) is 112 cm³/mol. The van der Waals surface area contributed by atoms with Crippen LogP contribution in [0.25, 0.3) is 0 Å². The summed E-state index contributed by atoms with van der Waals surface area (Å²) in [6.45, 7) is 6.73. The van der Waals surface area contributed by atoms with Crippen molar-refractivity contribution in [1.29, 1.82) is 0 Å². The number of rotatable bonds is 4. The molecule has 4 fully saturated rings. The summed E-state index contributed by atoms with van der Waals surface area (Å²) >= 11 is 0. The normalized spacial score (nSPS) is 48.2. The number of halogens is 2. The van der Waals surface area contributed by atoms with Crippen molar-refractivity contribution in [3.63, 3.8) is 0 Å². The number of methoxy groups -OCH3 is 1. The smallest absolute Gasteiger partial charge is 0.305 e. The first-order valence-corrected chi connectivity index (χ1v) is 12.2. The molecule has 0 radical (unpaired) electrons. The largest absolute Gasteiger partial charge is 0.469 e. The van der Waals surface area contributed by atoms with E-state index in [1.807, 2.05) is 0 Å². The number of alkyl halides is 2. The molecule has 3 nitrogen and oxygen atoms in total. The number of hydrogen-bond donors (Lipinski definition) is 1. The fourth-order valence-corrected chi connectivity index (χ4v) is 8.76. The lowest BCUT2D eigenvalue weighted by molar-refractivity contribution is -0.238. The monoisotopic (exact) mass is 426 g/mol. The molecule has 5 heteroatoms. The van der Waals surface area contributed by atoms with E-state index in [4.69, 9.17) is 4.74 Å². The minimum absolute atomic E-state index is 0.0448. The van der Waals surface area contributed by atoms with Gasteiger partial charge in [0.15, 0.2) is 0 Å². The molecule has 9 atom stereocenters. The SMILES string of the molecule is COC(=O)CC[C@@H](C)C1CCC2[C@H]3[C@H](CC[C@]12C)[C@@]1(C)CC[C@@H](O)C[C@H]1CC3(F)F. The lowest BCUT2D eigenvalue weighted by Crippen LogP contribution is -2.61. The van der Waals surface area contributed by atoms with Crippen molar-refractivity contribution >= 4 is 5.97 Å². The van der Waals surface area contributed by atoms with Gasteiger partial charge < -0.3 is 9.84 Å². The van der Waals surface area contributed by atoms with Crippen LogP contribution in [-0.2, 0) is 9.53 Å². The molecular weight excluding hydrogens is 386 g/mol. The fourth-order valence-electron chi connectivity index (χ4n) is 8.76. The van der Waals surface area contributed by atoms with Crippen molar-refractivity contribution in [1.82, 2.24) is 0 Å². The van der Waals surface area contributed by atoms with Gasteiger partial charge in [-0.2, -0.15) is 0 Å². The number of carbonyl (C=O) groups excluding carboxylic acids is 1. The summed E-state index contributed by atoms with van der Waals surface area (Å²) in [7, 11) is 1.42. The van der Waals surface area contributed by atoms with Crippen LogP contribution in [0.4, 0.5) is 8.78 Å².